The fourth-order valence-electron chi connectivity index (χ4n) is 6.37. The van der Waals surface area contributed by atoms with E-state index in [4.69, 9.17) is 9.47 Å². The molecule has 2 aliphatic heterocycles. The predicted octanol–water partition coefficient (Wildman–Crippen LogP) is 3.42. The molecule has 4 amide bonds. The number of nitrogens with zero attached hydrogens (tertiary/aromatic N) is 1. The molecule has 4 aliphatic rings. The van der Waals surface area contributed by atoms with Gasteiger partial charge in [0.25, 0.3) is 5.91 Å². The van der Waals surface area contributed by atoms with E-state index in [2.05, 4.69) is 39.9 Å². The Morgan fingerprint density at radius 3 is 2.60 bits per heavy atom. The van der Waals surface area contributed by atoms with E-state index in [0.717, 1.165) is 30.4 Å². The first-order valence-corrected chi connectivity index (χ1v) is 18.9. The number of hydrogen-bond acceptors (Lipinski definition) is 8. The maximum Gasteiger partial charge on any atom is 0.407 e. The van der Waals surface area contributed by atoms with E-state index in [1.54, 1.807) is 20.8 Å². The minimum Gasteiger partial charge on any atom is -0.450 e. The third-order valence-corrected chi connectivity index (χ3v) is 11.4. The summed E-state index contributed by atoms with van der Waals surface area (Å²) in [5, 5.41) is 4.88. The normalized spacial score (nSPS) is 28.7. The van der Waals surface area contributed by atoms with Crippen LogP contribution in [0.25, 0.3) is 6.08 Å². The molecule has 2 aliphatic carbocycles. The molecule has 12 nitrogen and oxygen atoms in total. The number of carbonyl (C=O) groups excluding carboxylic acids is 4. The highest BCUT2D eigenvalue weighted by molar-refractivity contribution is 7.91. The molecule has 3 fully saturated rings. The lowest BCUT2D eigenvalue weighted by Gasteiger charge is -2.35. The Morgan fingerprint density at radius 1 is 1.14 bits per heavy atom. The standard InChI is InChI=1S/C37H48N4O8S/c1-5-27-23-37(27,34(44)40-50(46,47)29-18-19-29)39-32(42)30-22-28-24-41(30)33(43)31(36(2,3)4)38-35(45)49-20-12-8-6-7-9-14-25-15-10-11-16-26(25)17-13-21-48-28/h5,9-11,14-16,27-31H,1,6-8,12,18-24H2,2-4H3,(H,38,45)(H,39,42)(H,40,44)/b14-9+/t27-,28-,30+,31-,37-/m1/s1. The van der Waals surface area contributed by atoms with Crippen LogP contribution in [0, 0.1) is 23.2 Å². The van der Waals surface area contributed by atoms with Crippen LogP contribution in [-0.2, 0) is 33.9 Å². The number of benzene rings is 1. The van der Waals surface area contributed by atoms with Crippen molar-refractivity contribution in [2.75, 3.05) is 19.8 Å². The summed E-state index contributed by atoms with van der Waals surface area (Å²) in [6, 6.07) is 5.65. The molecule has 0 aromatic heterocycles. The summed E-state index contributed by atoms with van der Waals surface area (Å²) < 4.78 is 38.9. The van der Waals surface area contributed by atoms with Crippen LogP contribution in [-0.4, -0.2) is 85.9 Å². The SMILES string of the molecule is C=C[C@@H]1C[C@]1(NC(=O)[C@@H]1C[C@@H]2CN1C(=O)[C@H](C(C)(C)C)NC(=O)OCCCCC/C=C/c1ccccc1C#CCO2)C(=O)NS(=O)(=O)C1CC1. The molecular formula is C37H48N4O8S. The number of hydrogen-bond donors (Lipinski definition) is 3. The van der Waals surface area contributed by atoms with Gasteiger partial charge in [0, 0.05) is 24.4 Å². The minimum atomic E-state index is -3.87. The van der Waals surface area contributed by atoms with Crippen molar-refractivity contribution in [3.8, 4) is 11.8 Å². The first-order valence-electron chi connectivity index (χ1n) is 17.4. The third kappa shape index (κ3) is 8.95. The van der Waals surface area contributed by atoms with Crippen LogP contribution < -0.4 is 15.4 Å². The number of allylic oxidation sites excluding steroid dienone is 1. The Morgan fingerprint density at radius 2 is 1.90 bits per heavy atom. The van der Waals surface area contributed by atoms with Crippen molar-refractivity contribution in [1.29, 1.82) is 0 Å². The van der Waals surface area contributed by atoms with Gasteiger partial charge in [-0.1, -0.05) is 69.0 Å². The highest BCUT2D eigenvalue weighted by Gasteiger charge is 2.62. The van der Waals surface area contributed by atoms with E-state index >= 15 is 0 Å². The van der Waals surface area contributed by atoms with Crippen molar-refractivity contribution in [2.24, 2.45) is 11.3 Å². The van der Waals surface area contributed by atoms with Gasteiger partial charge in [-0.3, -0.25) is 19.1 Å². The summed E-state index contributed by atoms with van der Waals surface area (Å²) in [5.41, 5.74) is -0.456. The van der Waals surface area contributed by atoms with E-state index in [-0.39, 0.29) is 32.6 Å². The molecule has 5 atom stereocenters. The third-order valence-electron chi connectivity index (χ3n) is 9.59. The summed E-state index contributed by atoms with van der Waals surface area (Å²) >= 11 is 0. The highest BCUT2D eigenvalue weighted by Crippen LogP contribution is 2.45. The molecule has 5 rings (SSSR count). The fraction of sp³-hybridized carbons (Fsp3) is 0.568. The maximum atomic E-state index is 14.3. The van der Waals surface area contributed by atoms with Gasteiger partial charge in [0.2, 0.25) is 21.8 Å². The fourth-order valence-corrected chi connectivity index (χ4v) is 7.73. The Hall–Kier alpha value is -4.15. The molecule has 0 unspecified atom stereocenters. The molecule has 2 heterocycles. The number of fused-ring (bicyclic) bond motifs is 3. The quantitative estimate of drug-likeness (QED) is 0.300. The second-order valence-electron chi connectivity index (χ2n) is 14.6. The Labute approximate surface area is 294 Å². The van der Waals surface area contributed by atoms with Crippen molar-refractivity contribution >= 4 is 39.9 Å². The number of cyclic esters (lactones) is 1. The lowest BCUT2D eigenvalue weighted by Crippen LogP contribution is -2.60. The smallest absolute Gasteiger partial charge is 0.407 e. The lowest BCUT2D eigenvalue weighted by molar-refractivity contribution is -0.143. The van der Waals surface area contributed by atoms with Gasteiger partial charge in [0.05, 0.1) is 18.0 Å². The molecule has 2 bridgehead atoms. The van der Waals surface area contributed by atoms with Crippen LogP contribution in [0.5, 0.6) is 0 Å². The zero-order valence-corrected chi connectivity index (χ0v) is 29.9. The molecule has 0 spiro atoms. The molecule has 2 saturated carbocycles. The largest absolute Gasteiger partial charge is 0.450 e. The molecule has 13 heteroatoms. The van der Waals surface area contributed by atoms with Crippen LogP contribution in [0.2, 0.25) is 0 Å². The van der Waals surface area contributed by atoms with Gasteiger partial charge >= 0.3 is 6.09 Å². The van der Waals surface area contributed by atoms with Crippen LogP contribution >= 0.6 is 0 Å². The number of ether oxygens (including phenoxy) is 2. The van der Waals surface area contributed by atoms with Crippen LogP contribution in [0.15, 0.2) is 43.0 Å². The van der Waals surface area contributed by atoms with Crippen LogP contribution in [0.3, 0.4) is 0 Å². The van der Waals surface area contributed by atoms with Gasteiger partial charge < -0.3 is 25.0 Å². The van der Waals surface area contributed by atoms with Gasteiger partial charge in [0.15, 0.2) is 0 Å². The summed E-state index contributed by atoms with van der Waals surface area (Å²) in [7, 11) is -3.87. The summed E-state index contributed by atoms with van der Waals surface area (Å²) in [6.07, 6.45) is 8.82. The van der Waals surface area contributed by atoms with Crippen LogP contribution in [0.4, 0.5) is 4.79 Å². The Kier molecular flexibility index (Phi) is 11.4. The van der Waals surface area contributed by atoms with Crippen molar-refractivity contribution in [3.05, 3.63) is 54.1 Å². The monoisotopic (exact) mass is 708 g/mol. The molecule has 50 heavy (non-hydrogen) atoms. The summed E-state index contributed by atoms with van der Waals surface area (Å²) in [5.74, 6) is 3.76. The molecule has 270 valence electrons. The van der Waals surface area contributed by atoms with Crippen molar-refractivity contribution in [1.82, 2.24) is 20.3 Å². The Bertz CT molecular complexity index is 1690. The molecule has 0 radical (unpaired) electrons. The van der Waals surface area contributed by atoms with Crippen molar-refractivity contribution in [3.63, 3.8) is 0 Å². The second kappa shape index (κ2) is 15.4. The van der Waals surface area contributed by atoms with Gasteiger partial charge in [-0.2, -0.15) is 0 Å². The van der Waals surface area contributed by atoms with Gasteiger partial charge in [0.1, 0.15) is 24.2 Å². The second-order valence-corrected chi connectivity index (χ2v) is 16.5. The number of alkyl carbamates (subject to hydrolysis) is 1. The minimum absolute atomic E-state index is 0.0291. The molecule has 3 N–H and O–H groups in total. The van der Waals surface area contributed by atoms with Crippen LogP contribution in [0.1, 0.15) is 83.3 Å². The average molecular weight is 709 g/mol. The van der Waals surface area contributed by atoms with E-state index in [0.29, 0.717) is 19.3 Å². The zero-order valence-electron chi connectivity index (χ0n) is 29.0. The van der Waals surface area contributed by atoms with Gasteiger partial charge in [-0.05, 0) is 62.0 Å². The number of sulfonamides is 1. The number of rotatable bonds is 6. The molecule has 1 saturated heterocycles. The average Bonchev–Trinajstić information content (AvgIpc) is 3.99. The zero-order chi connectivity index (χ0) is 36.1. The first-order chi connectivity index (χ1) is 23.7. The topological polar surface area (TPSA) is 160 Å². The molecular weight excluding hydrogens is 660 g/mol. The summed E-state index contributed by atoms with van der Waals surface area (Å²) in [6.45, 7) is 9.42. The highest BCUT2D eigenvalue weighted by atomic mass is 32.2. The molecule has 1 aromatic carbocycles. The predicted molar refractivity (Wildman–Crippen MR) is 188 cm³/mol. The van der Waals surface area contributed by atoms with E-state index < -0.39 is 74.1 Å². The van der Waals surface area contributed by atoms with Crippen molar-refractivity contribution < 1.29 is 37.1 Å². The number of amides is 4. The van der Waals surface area contributed by atoms with Gasteiger partial charge in [-0.25, -0.2) is 13.2 Å². The first kappa shape index (κ1) is 37.1. The van der Waals surface area contributed by atoms with Gasteiger partial charge in [-0.15, -0.1) is 6.58 Å². The van der Waals surface area contributed by atoms with E-state index in [1.807, 2.05) is 30.3 Å². The van der Waals surface area contributed by atoms with E-state index in [1.165, 1.54) is 11.0 Å². The Balaban J connectivity index is 1.40. The number of carbonyl (C=O) groups is 4. The number of nitrogens with one attached hydrogen (secondary N) is 3. The maximum absolute atomic E-state index is 14.3. The molecule has 1 aromatic rings. The summed E-state index contributed by atoms with van der Waals surface area (Å²) in [4.78, 5) is 56.0. The lowest BCUT2D eigenvalue weighted by atomic mass is 9.85. The van der Waals surface area contributed by atoms with E-state index in [9.17, 15) is 27.6 Å². The van der Waals surface area contributed by atoms with Crippen molar-refractivity contribution in [2.45, 2.75) is 101 Å².